The van der Waals surface area contributed by atoms with Crippen molar-refractivity contribution < 1.29 is 13.6 Å². The predicted molar refractivity (Wildman–Crippen MR) is 130 cm³/mol. The molecule has 0 spiro atoms. The zero-order chi connectivity index (χ0) is 24.2. The van der Waals surface area contributed by atoms with Crippen LogP contribution in [0.4, 0.5) is 8.78 Å². The fourth-order valence-electron chi connectivity index (χ4n) is 4.54. The van der Waals surface area contributed by atoms with E-state index in [4.69, 9.17) is 4.84 Å². The molecule has 4 heterocycles. The summed E-state index contributed by atoms with van der Waals surface area (Å²) in [4.78, 5) is 16.5. The smallest absolute Gasteiger partial charge is 0.159 e. The van der Waals surface area contributed by atoms with Crippen LogP contribution >= 0.6 is 0 Å². The molecule has 1 saturated heterocycles. The zero-order valence-electron chi connectivity index (χ0n) is 19.6. The molecule has 35 heavy (non-hydrogen) atoms. The summed E-state index contributed by atoms with van der Waals surface area (Å²) in [5, 5.41) is 4.10. The van der Waals surface area contributed by atoms with E-state index in [1.807, 2.05) is 37.6 Å². The molecule has 8 heteroatoms. The first kappa shape index (κ1) is 23.1. The highest BCUT2D eigenvalue weighted by Crippen LogP contribution is 2.29. The molecule has 1 fully saturated rings. The second-order valence-electron chi connectivity index (χ2n) is 8.74. The van der Waals surface area contributed by atoms with Gasteiger partial charge in [0.05, 0.1) is 5.69 Å². The number of piperidine rings is 1. The van der Waals surface area contributed by atoms with Gasteiger partial charge < -0.3 is 9.24 Å². The van der Waals surface area contributed by atoms with Gasteiger partial charge in [-0.2, -0.15) is 0 Å². The highest BCUT2D eigenvalue weighted by atomic mass is 19.2. The Morgan fingerprint density at radius 3 is 2.66 bits per heavy atom. The first-order chi connectivity index (χ1) is 17.1. The van der Waals surface area contributed by atoms with Crippen LogP contribution < -0.4 is 0 Å². The molecule has 5 rings (SSSR count). The number of pyridine rings is 2. The highest BCUT2D eigenvalue weighted by Gasteiger charge is 2.21. The fraction of sp³-hybridized carbons (Fsp3) is 0.296. The Labute approximate surface area is 202 Å². The van der Waals surface area contributed by atoms with Crippen LogP contribution in [0.5, 0.6) is 0 Å². The number of imidazole rings is 1. The van der Waals surface area contributed by atoms with E-state index in [9.17, 15) is 8.78 Å². The third-order valence-electron chi connectivity index (χ3n) is 6.42. The van der Waals surface area contributed by atoms with Crippen molar-refractivity contribution in [2.75, 3.05) is 19.7 Å². The number of halogens is 2. The molecule has 0 radical (unpaired) electrons. The van der Waals surface area contributed by atoms with Crippen LogP contribution in [0.3, 0.4) is 0 Å². The fourth-order valence-corrected chi connectivity index (χ4v) is 4.54. The lowest BCUT2D eigenvalue weighted by molar-refractivity contribution is 0.159. The summed E-state index contributed by atoms with van der Waals surface area (Å²) in [5.41, 5.74) is 4.75. The molecule has 0 atom stereocenters. The number of hydrogen-bond acceptors (Lipinski definition) is 5. The van der Waals surface area contributed by atoms with Crippen molar-refractivity contribution in [1.82, 2.24) is 19.3 Å². The minimum absolute atomic E-state index is 0.359. The number of aromatic nitrogens is 3. The summed E-state index contributed by atoms with van der Waals surface area (Å²) in [6, 6.07) is 11.8. The molecular formula is C27H27F2N5O. The molecule has 3 aromatic heterocycles. The molecular weight excluding hydrogens is 448 g/mol. The number of likely N-dealkylation sites (tertiary alicyclic amines) is 1. The van der Waals surface area contributed by atoms with E-state index >= 15 is 0 Å². The van der Waals surface area contributed by atoms with Gasteiger partial charge in [0.2, 0.25) is 0 Å². The molecule has 0 aliphatic carbocycles. The molecule has 6 nitrogen and oxygen atoms in total. The minimum Gasteiger partial charge on any atom is -0.396 e. The first-order valence-corrected chi connectivity index (χ1v) is 11.9. The average molecular weight is 476 g/mol. The van der Waals surface area contributed by atoms with Crippen LogP contribution in [0.25, 0.3) is 5.65 Å². The SMILES string of the molecule is CCO/N=C(\c1ccc(F)c(F)c1)c1ccc(CN2CCC(c3ccc4nccn4c3)CC2)cn1. The van der Waals surface area contributed by atoms with Crippen molar-refractivity contribution in [3.8, 4) is 0 Å². The lowest BCUT2D eigenvalue weighted by Crippen LogP contribution is -2.32. The van der Waals surface area contributed by atoms with E-state index in [-0.39, 0.29) is 0 Å². The van der Waals surface area contributed by atoms with Gasteiger partial charge >= 0.3 is 0 Å². The maximum Gasteiger partial charge on any atom is 0.159 e. The maximum atomic E-state index is 13.8. The van der Waals surface area contributed by atoms with Crippen LogP contribution in [-0.2, 0) is 11.4 Å². The third kappa shape index (κ3) is 5.22. The van der Waals surface area contributed by atoms with Gasteiger partial charge in [-0.1, -0.05) is 17.3 Å². The monoisotopic (exact) mass is 475 g/mol. The van der Waals surface area contributed by atoms with Crippen molar-refractivity contribution in [2.45, 2.75) is 32.2 Å². The summed E-state index contributed by atoms with van der Waals surface area (Å²) < 4.78 is 29.3. The lowest BCUT2D eigenvalue weighted by atomic mass is 9.90. The standard InChI is InChI=1S/C27H27F2N5O/c1-2-35-32-27(21-4-6-23(28)24(29)15-21)25-7-3-19(16-31-25)17-33-12-9-20(10-13-33)22-5-8-26-30-11-14-34(26)18-22/h3-8,11,14-16,18,20H,2,9-10,12-13,17H2,1H3/b32-27+. The summed E-state index contributed by atoms with van der Waals surface area (Å²) in [7, 11) is 0. The van der Waals surface area contributed by atoms with Crippen LogP contribution in [0, 0.1) is 11.6 Å². The molecule has 1 aromatic carbocycles. The van der Waals surface area contributed by atoms with Gasteiger partial charge in [-0.3, -0.25) is 9.88 Å². The normalized spacial score (nSPS) is 15.6. The van der Waals surface area contributed by atoms with Crippen molar-refractivity contribution in [2.24, 2.45) is 5.16 Å². The largest absolute Gasteiger partial charge is 0.396 e. The predicted octanol–water partition coefficient (Wildman–Crippen LogP) is 5.18. The Bertz CT molecular complexity index is 1330. The van der Waals surface area contributed by atoms with Gasteiger partial charge in [-0.05, 0) is 80.2 Å². The molecule has 4 aromatic rings. The molecule has 0 N–H and O–H groups in total. The van der Waals surface area contributed by atoms with Crippen LogP contribution in [0.1, 0.15) is 48.1 Å². The summed E-state index contributed by atoms with van der Waals surface area (Å²) in [6.07, 6.45) is 10.0. The van der Waals surface area contributed by atoms with Crippen LogP contribution in [0.2, 0.25) is 0 Å². The Kier molecular flexibility index (Phi) is 6.81. The zero-order valence-corrected chi connectivity index (χ0v) is 19.6. The van der Waals surface area contributed by atoms with Crippen molar-refractivity contribution in [1.29, 1.82) is 0 Å². The van der Waals surface area contributed by atoms with Crippen molar-refractivity contribution >= 4 is 11.4 Å². The van der Waals surface area contributed by atoms with Crippen LogP contribution in [-0.4, -0.2) is 44.7 Å². The van der Waals surface area contributed by atoms with Crippen molar-refractivity contribution in [3.05, 3.63) is 101 Å². The number of oxime groups is 1. The molecule has 0 amide bonds. The third-order valence-corrected chi connectivity index (χ3v) is 6.42. The molecule has 1 aliphatic heterocycles. The summed E-state index contributed by atoms with van der Waals surface area (Å²) in [6.45, 7) is 5.00. The van der Waals surface area contributed by atoms with E-state index < -0.39 is 11.6 Å². The van der Waals surface area contributed by atoms with Gasteiger partial charge in [-0.25, -0.2) is 13.8 Å². The number of benzene rings is 1. The van der Waals surface area contributed by atoms with E-state index in [0.29, 0.717) is 29.5 Å². The Balaban J connectivity index is 1.23. The Hall–Kier alpha value is -3.65. The minimum atomic E-state index is -0.934. The summed E-state index contributed by atoms with van der Waals surface area (Å²) in [5.74, 6) is -1.29. The number of fused-ring (bicyclic) bond motifs is 1. The molecule has 0 saturated carbocycles. The summed E-state index contributed by atoms with van der Waals surface area (Å²) >= 11 is 0. The quantitative estimate of drug-likeness (QED) is 0.273. The Morgan fingerprint density at radius 1 is 1.06 bits per heavy atom. The van der Waals surface area contributed by atoms with Gasteiger partial charge in [0.25, 0.3) is 0 Å². The molecule has 180 valence electrons. The first-order valence-electron chi connectivity index (χ1n) is 11.9. The van der Waals surface area contributed by atoms with E-state index in [1.54, 1.807) is 0 Å². The lowest BCUT2D eigenvalue weighted by Gasteiger charge is -2.32. The second kappa shape index (κ2) is 10.3. The molecule has 0 unspecified atom stereocenters. The topological polar surface area (TPSA) is 55.0 Å². The number of hydrogen-bond donors (Lipinski definition) is 0. The number of nitrogens with zero attached hydrogens (tertiary/aromatic N) is 5. The Morgan fingerprint density at radius 2 is 1.91 bits per heavy atom. The van der Waals surface area contributed by atoms with Gasteiger partial charge in [0.15, 0.2) is 11.6 Å². The second-order valence-corrected chi connectivity index (χ2v) is 8.74. The maximum absolute atomic E-state index is 13.8. The highest BCUT2D eigenvalue weighted by molar-refractivity contribution is 6.11. The van der Waals surface area contributed by atoms with Gasteiger partial charge in [0.1, 0.15) is 18.0 Å². The average Bonchev–Trinajstić information content (AvgIpc) is 3.36. The van der Waals surface area contributed by atoms with Gasteiger partial charge in [0, 0.05) is 36.9 Å². The van der Waals surface area contributed by atoms with Gasteiger partial charge in [-0.15, -0.1) is 0 Å². The molecule has 0 bridgehead atoms. The van der Waals surface area contributed by atoms with Crippen molar-refractivity contribution in [3.63, 3.8) is 0 Å². The van der Waals surface area contributed by atoms with Crippen LogP contribution in [0.15, 0.2) is 72.4 Å². The van der Waals surface area contributed by atoms with E-state index in [2.05, 4.69) is 42.8 Å². The molecule has 1 aliphatic rings. The van der Waals surface area contributed by atoms with E-state index in [1.165, 1.54) is 11.6 Å². The number of rotatable bonds is 7. The van der Waals surface area contributed by atoms with E-state index in [0.717, 1.165) is 55.8 Å².